The first-order valence-corrected chi connectivity index (χ1v) is 38.6. The predicted octanol–water partition coefficient (Wildman–Crippen LogP) is 24.8. The predicted molar refractivity (Wildman–Crippen MR) is 410 cm³/mol. The number of carboxylic acids is 1. The molecule has 0 aromatic heterocycles. The van der Waals surface area contributed by atoms with Gasteiger partial charge in [-0.1, -0.05) is 332 Å². The van der Waals surface area contributed by atoms with Crippen LogP contribution < -0.4 is 0 Å². The number of esters is 2. The molecule has 0 fully saturated rings. The molecule has 0 rings (SSSR count). The van der Waals surface area contributed by atoms with Crippen LogP contribution in [0.25, 0.3) is 0 Å². The van der Waals surface area contributed by atoms with E-state index in [0.29, 0.717) is 23.9 Å². The van der Waals surface area contributed by atoms with Crippen molar-refractivity contribution in [2.45, 2.75) is 322 Å². The van der Waals surface area contributed by atoms with Crippen molar-refractivity contribution in [2.75, 3.05) is 47.5 Å². The lowest BCUT2D eigenvalue weighted by Gasteiger charge is -2.25. The molecule has 0 saturated carbocycles. The number of carboxylic acid groups (broad SMARTS) is 1. The standard InChI is InChI=1S/C86H143NO8/c1-6-8-10-12-14-16-18-20-22-24-26-28-30-32-34-36-38-40-41-42-43-45-47-49-51-53-55-57-59-61-63-65-67-69-71-73-75-77-84(89)95-82(81-94-86(85(90)91)92-79-78-87(3,4)5)80-93-83(88)76-74-72-70-68-66-64-62-60-58-56-54-52-50-48-46-44-39-37-35-33-31-29-27-25-23-21-19-17-15-13-11-9-7-2/h8-11,14-17,20-23,26-29,32-35,38,40,42-43,47,49,82,86H,6-7,12-13,18-19,24-25,30-31,36-37,39,41,44-46,48,50-81H2,1-5H3/p+1/b10-8-,11-9-,16-14-,17-15-,22-20-,23-21-,28-26-,29-27-,34-32-,35-33-,40-38-,43-42-,49-47-. The highest BCUT2D eigenvalue weighted by Gasteiger charge is 2.25. The average Bonchev–Trinajstić information content (AvgIpc) is 3.75. The van der Waals surface area contributed by atoms with Gasteiger partial charge in [0.05, 0.1) is 34.4 Å². The van der Waals surface area contributed by atoms with E-state index in [0.717, 1.165) is 122 Å². The maximum absolute atomic E-state index is 13.0. The highest BCUT2D eigenvalue weighted by atomic mass is 16.7. The van der Waals surface area contributed by atoms with Crippen LogP contribution in [0.4, 0.5) is 0 Å². The number of aliphatic carboxylic acids is 1. The Morgan fingerprint density at radius 1 is 0.316 bits per heavy atom. The molecule has 0 radical (unpaired) electrons. The van der Waals surface area contributed by atoms with Crippen LogP contribution in [0, 0.1) is 0 Å². The molecule has 95 heavy (non-hydrogen) atoms. The Balaban J connectivity index is 4.09. The Morgan fingerprint density at radius 3 is 0.842 bits per heavy atom. The topological polar surface area (TPSA) is 108 Å². The van der Waals surface area contributed by atoms with E-state index in [4.69, 9.17) is 18.9 Å². The van der Waals surface area contributed by atoms with Crippen molar-refractivity contribution in [1.29, 1.82) is 0 Å². The van der Waals surface area contributed by atoms with E-state index in [1.807, 2.05) is 21.1 Å². The minimum absolute atomic E-state index is 0.182. The highest BCUT2D eigenvalue weighted by molar-refractivity contribution is 5.71. The van der Waals surface area contributed by atoms with E-state index < -0.39 is 24.3 Å². The van der Waals surface area contributed by atoms with E-state index in [-0.39, 0.29) is 32.2 Å². The summed E-state index contributed by atoms with van der Waals surface area (Å²) >= 11 is 0. The minimum Gasteiger partial charge on any atom is -0.477 e. The molecule has 0 bridgehead atoms. The van der Waals surface area contributed by atoms with Gasteiger partial charge in [0.25, 0.3) is 6.29 Å². The SMILES string of the molecule is CC/C=C\C/C=C\C/C=C\C/C=C\C/C=C\C/C=C\C/C=C\C/C=C\CCCCCCCCCCCCCCC(=O)OC(COC(=O)CCCCCCCCCCCCCCCCCCC/C=C\C/C=C\C/C=C\C/C=C\C/C=C\CC)COC(OCC[N+](C)(C)C)C(=O)O. The van der Waals surface area contributed by atoms with Gasteiger partial charge in [-0.05, 0) is 122 Å². The number of hydrogen-bond acceptors (Lipinski definition) is 7. The van der Waals surface area contributed by atoms with Crippen molar-refractivity contribution < 1.29 is 42.9 Å². The number of ether oxygens (including phenoxy) is 4. The van der Waals surface area contributed by atoms with Crippen molar-refractivity contribution in [1.82, 2.24) is 0 Å². The summed E-state index contributed by atoms with van der Waals surface area (Å²) in [7, 11) is 5.98. The number of carbonyl (C=O) groups is 3. The summed E-state index contributed by atoms with van der Waals surface area (Å²) in [6, 6.07) is 0. The van der Waals surface area contributed by atoms with Gasteiger partial charge in [0.2, 0.25) is 0 Å². The molecule has 0 spiro atoms. The Morgan fingerprint density at radius 2 is 0.568 bits per heavy atom. The molecule has 9 heteroatoms. The van der Waals surface area contributed by atoms with Crippen LogP contribution in [-0.4, -0.2) is 87.4 Å². The first-order valence-electron chi connectivity index (χ1n) is 38.6. The van der Waals surface area contributed by atoms with Crippen LogP contribution in [0.15, 0.2) is 158 Å². The van der Waals surface area contributed by atoms with Crippen LogP contribution in [0.2, 0.25) is 0 Å². The van der Waals surface area contributed by atoms with Crippen LogP contribution in [0.1, 0.15) is 309 Å². The van der Waals surface area contributed by atoms with Gasteiger partial charge < -0.3 is 28.5 Å². The minimum atomic E-state index is -1.52. The lowest BCUT2D eigenvalue weighted by Crippen LogP contribution is -2.40. The van der Waals surface area contributed by atoms with Gasteiger partial charge in [0.15, 0.2) is 6.10 Å². The quantitative estimate of drug-likeness (QED) is 0.0211. The number of allylic oxidation sites excluding steroid dienone is 26. The molecule has 1 N–H and O–H groups in total. The average molecular weight is 1320 g/mol. The Kier molecular flexibility index (Phi) is 70.7. The largest absolute Gasteiger partial charge is 0.477 e. The normalized spacial score (nSPS) is 13.6. The van der Waals surface area contributed by atoms with Gasteiger partial charge in [-0.15, -0.1) is 0 Å². The zero-order chi connectivity index (χ0) is 69.0. The van der Waals surface area contributed by atoms with Crippen molar-refractivity contribution >= 4 is 17.9 Å². The summed E-state index contributed by atoms with van der Waals surface area (Å²) in [5.41, 5.74) is 0. The molecule has 0 aromatic carbocycles. The van der Waals surface area contributed by atoms with Gasteiger partial charge in [-0.3, -0.25) is 9.59 Å². The molecule has 0 saturated heterocycles. The molecule has 9 nitrogen and oxygen atoms in total. The zero-order valence-corrected chi connectivity index (χ0v) is 61.8. The van der Waals surface area contributed by atoms with Gasteiger partial charge in [-0.2, -0.15) is 0 Å². The van der Waals surface area contributed by atoms with Crippen LogP contribution in [-0.2, 0) is 33.3 Å². The van der Waals surface area contributed by atoms with E-state index in [2.05, 4.69) is 172 Å². The molecule has 0 amide bonds. The number of rotatable bonds is 70. The number of quaternary nitrogens is 1. The first kappa shape index (κ1) is 89.9. The third-order valence-corrected chi connectivity index (χ3v) is 16.3. The third kappa shape index (κ3) is 76.1. The smallest absolute Gasteiger partial charge is 0.361 e. The molecule has 2 atom stereocenters. The summed E-state index contributed by atoms with van der Waals surface area (Å²) in [4.78, 5) is 37.7. The Labute approximate surface area is 584 Å². The molecular weight excluding hydrogens is 1170 g/mol. The number of nitrogens with zero attached hydrogens (tertiary/aromatic N) is 1. The number of carbonyl (C=O) groups excluding carboxylic acids is 2. The van der Waals surface area contributed by atoms with Crippen LogP contribution in [0.5, 0.6) is 0 Å². The second-order valence-electron chi connectivity index (χ2n) is 26.6. The zero-order valence-electron chi connectivity index (χ0n) is 61.8. The molecule has 0 aliphatic rings. The summed E-state index contributed by atoms with van der Waals surface area (Å²) < 4.78 is 23.0. The Bertz CT molecular complexity index is 2130. The van der Waals surface area contributed by atoms with Crippen molar-refractivity contribution in [2.24, 2.45) is 0 Å². The molecule has 0 heterocycles. The third-order valence-electron chi connectivity index (χ3n) is 16.3. The van der Waals surface area contributed by atoms with Gasteiger partial charge in [0.1, 0.15) is 13.2 Å². The molecule has 540 valence electrons. The van der Waals surface area contributed by atoms with Gasteiger partial charge >= 0.3 is 17.9 Å². The van der Waals surface area contributed by atoms with E-state index >= 15 is 0 Å². The van der Waals surface area contributed by atoms with Gasteiger partial charge in [0, 0.05) is 12.8 Å². The Hall–Kier alpha value is -5.09. The second kappa shape index (κ2) is 74.7. The maximum Gasteiger partial charge on any atom is 0.361 e. The molecule has 0 aliphatic heterocycles. The fourth-order valence-electron chi connectivity index (χ4n) is 10.5. The van der Waals surface area contributed by atoms with Crippen molar-refractivity contribution in [3.63, 3.8) is 0 Å². The molecule has 2 unspecified atom stereocenters. The molecule has 0 aliphatic carbocycles. The highest BCUT2D eigenvalue weighted by Crippen LogP contribution is 2.18. The summed E-state index contributed by atoms with van der Waals surface area (Å²) in [6.45, 7) is 4.66. The fraction of sp³-hybridized carbons (Fsp3) is 0.663. The number of likely N-dealkylation sites (N-methyl/N-ethyl adjacent to an activating group) is 1. The summed E-state index contributed by atoms with van der Waals surface area (Å²) in [6.07, 6.45) is 108. The first-order chi connectivity index (χ1) is 46.6. The van der Waals surface area contributed by atoms with Crippen LogP contribution in [0.3, 0.4) is 0 Å². The van der Waals surface area contributed by atoms with Crippen LogP contribution >= 0.6 is 0 Å². The fourth-order valence-corrected chi connectivity index (χ4v) is 10.5. The monoisotopic (exact) mass is 1320 g/mol. The maximum atomic E-state index is 13.0. The molecule has 0 aromatic rings. The van der Waals surface area contributed by atoms with Gasteiger partial charge in [-0.25, -0.2) is 4.79 Å². The van der Waals surface area contributed by atoms with E-state index in [9.17, 15) is 19.5 Å². The van der Waals surface area contributed by atoms with Crippen molar-refractivity contribution in [3.8, 4) is 0 Å². The lowest BCUT2D eigenvalue weighted by atomic mass is 10.0. The van der Waals surface area contributed by atoms with E-state index in [1.165, 1.54) is 154 Å². The van der Waals surface area contributed by atoms with E-state index in [1.54, 1.807) is 0 Å². The lowest BCUT2D eigenvalue weighted by molar-refractivity contribution is -0.870. The number of hydrogen-bond donors (Lipinski definition) is 1. The molecular formula is C86H144NO8+. The van der Waals surface area contributed by atoms with Crippen molar-refractivity contribution in [3.05, 3.63) is 158 Å². The summed E-state index contributed by atoms with van der Waals surface area (Å²) in [5.74, 6) is -2.01. The number of unbranched alkanes of at least 4 members (excludes halogenated alkanes) is 29. The second-order valence-corrected chi connectivity index (χ2v) is 26.6. The summed E-state index contributed by atoms with van der Waals surface area (Å²) in [5, 5.41) is 9.77.